The molecule has 3 nitrogen and oxygen atoms in total. The molecule has 2 aromatic rings. The lowest BCUT2D eigenvalue weighted by Gasteiger charge is -2.12. The SMILES string of the molecule is COc1cc(C)c(C(=O)Cc2ccccc2F)cc1OC. The predicted octanol–water partition coefficient (Wildman–Crippen LogP) is 3.58. The highest BCUT2D eigenvalue weighted by Crippen LogP contribution is 2.30. The lowest BCUT2D eigenvalue weighted by Crippen LogP contribution is -2.08. The van der Waals surface area contributed by atoms with E-state index in [1.54, 1.807) is 30.3 Å². The summed E-state index contributed by atoms with van der Waals surface area (Å²) < 4.78 is 24.0. The number of carbonyl (C=O) groups excluding carboxylic acids is 1. The van der Waals surface area contributed by atoms with Crippen LogP contribution < -0.4 is 9.47 Å². The summed E-state index contributed by atoms with van der Waals surface area (Å²) in [6.07, 6.45) is 0.0169. The van der Waals surface area contributed by atoms with E-state index in [0.717, 1.165) is 5.56 Å². The molecule has 0 radical (unpaired) electrons. The number of hydrogen-bond donors (Lipinski definition) is 0. The monoisotopic (exact) mass is 288 g/mol. The molecule has 0 N–H and O–H groups in total. The lowest BCUT2D eigenvalue weighted by molar-refractivity contribution is 0.0991. The molecular weight excluding hydrogens is 271 g/mol. The summed E-state index contributed by atoms with van der Waals surface area (Å²) in [6, 6.07) is 9.66. The van der Waals surface area contributed by atoms with Crippen LogP contribution in [0.25, 0.3) is 0 Å². The standard InChI is InChI=1S/C17H17FO3/c1-11-8-16(20-2)17(21-3)10-13(11)15(19)9-12-6-4-5-7-14(12)18/h4-8,10H,9H2,1-3H3. The second-order valence-corrected chi connectivity index (χ2v) is 4.71. The van der Waals surface area contributed by atoms with Gasteiger partial charge in [0.2, 0.25) is 0 Å². The molecule has 0 atom stereocenters. The number of rotatable bonds is 5. The summed E-state index contributed by atoms with van der Waals surface area (Å²) in [5, 5.41) is 0. The van der Waals surface area contributed by atoms with Crippen molar-refractivity contribution in [2.24, 2.45) is 0 Å². The Kier molecular flexibility index (Phi) is 4.58. The first-order valence-corrected chi connectivity index (χ1v) is 6.56. The molecule has 2 rings (SSSR count). The third-order valence-electron chi connectivity index (χ3n) is 3.34. The van der Waals surface area contributed by atoms with Gasteiger partial charge in [-0.15, -0.1) is 0 Å². The van der Waals surface area contributed by atoms with Gasteiger partial charge in [-0.3, -0.25) is 4.79 Å². The van der Waals surface area contributed by atoms with E-state index < -0.39 is 0 Å². The highest BCUT2D eigenvalue weighted by Gasteiger charge is 2.16. The van der Waals surface area contributed by atoms with Crippen molar-refractivity contribution in [3.05, 3.63) is 58.9 Å². The minimum absolute atomic E-state index is 0.0169. The second kappa shape index (κ2) is 6.39. The first-order chi connectivity index (χ1) is 10.1. The van der Waals surface area contributed by atoms with Crippen molar-refractivity contribution in [1.82, 2.24) is 0 Å². The number of carbonyl (C=O) groups is 1. The number of benzene rings is 2. The molecule has 0 spiro atoms. The summed E-state index contributed by atoms with van der Waals surface area (Å²) in [4.78, 5) is 12.4. The lowest BCUT2D eigenvalue weighted by atomic mass is 9.98. The molecular formula is C17H17FO3. The molecule has 0 aliphatic carbocycles. The Bertz CT molecular complexity index is 665. The van der Waals surface area contributed by atoms with Crippen LogP contribution in [0.1, 0.15) is 21.5 Å². The second-order valence-electron chi connectivity index (χ2n) is 4.71. The van der Waals surface area contributed by atoms with E-state index in [-0.39, 0.29) is 18.0 Å². The zero-order valence-electron chi connectivity index (χ0n) is 12.3. The van der Waals surface area contributed by atoms with Gasteiger partial charge in [0.25, 0.3) is 0 Å². The van der Waals surface area contributed by atoms with E-state index in [2.05, 4.69) is 0 Å². The van der Waals surface area contributed by atoms with Crippen LogP contribution in [0.5, 0.6) is 11.5 Å². The molecule has 0 aliphatic rings. The van der Waals surface area contributed by atoms with Crippen molar-refractivity contribution in [2.45, 2.75) is 13.3 Å². The molecule has 0 aromatic heterocycles. The Morgan fingerprint density at radius 1 is 1.10 bits per heavy atom. The van der Waals surface area contributed by atoms with Crippen molar-refractivity contribution in [3.8, 4) is 11.5 Å². The maximum absolute atomic E-state index is 13.6. The minimum atomic E-state index is -0.371. The molecule has 21 heavy (non-hydrogen) atoms. The van der Waals surface area contributed by atoms with Gasteiger partial charge in [-0.25, -0.2) is 4.39 Å². The van der Waals surface area contributed by atoms with Crippen molar-refractivity contribution < 1.29 is 18.7 Å². The number of Topliss-reactive ketones (excluding diaryl/α,β-unsaturated/α-hetero) is 1. The molecule has 0 unspecified atom stereocenters. The number of aryl methyl sites for hydroxylation is 1. The third kappa shape index (κ3) is 3.21. The Morgan fingerprint density at radius 3 is 2.33 bits per heavy atom. The van der Waals surface area contributed by atoms with Crippen LogP contribution in [0.4, 0.5) is 4.39 Å². The van der Waals surface area contributed by atoms with E-state index in [1.807, 2.05) is 6.92 Å². The summed E-state index contributed by atoms with van der Waals surface area (Å²) in [5.74, 6) is 0.528. The van der Waals surface area contributed by atoms with Gasteiger partial charge < -0.3 is 9.47 Å². The number of hydrogen-bond acceptors (Lipinski definition) is 3. The summed E-state index contributed by atoms with van der Waals surface area (Å²) in [7, 11) is 3.05. The Labute approximate surface area is 123 Å². The van der Waals surface area contributed by atoms with Gasteiger partial charge in [0.15, 0.2) is 17.3 Å². The fourth-order valence-electron chi connectivity index (χ4n) is 2.19. The summed E-state index contributed by atoms with van der Waals surface area (Å²) in [6.45, 7) is 1.82. The molecule has 0 amide bonds. The quantitative estimate of drug-likeness (QED) is 0.789. The van der Waals surface area contributed by atoms with Crippen LogP contribution in [0.15, 0.2) is 36.4 Å². The summed E-state index contributed by atoms with van der Waals surface area (Å²) >= 11 is 0. The van der Waals surface area contributed by atoms with Gasteiger partial charge in [0.1, 0.15) is 5.82 Å². The first-order valence-electron chi connectivity index (χ1n) is 6.56. The average Bonchev–Trinajstić information content (AvgIpc) is 2.49. The smallest absolute Gasteiger partial charge is 0.167 e. The molecule has 0 saturated heterocycles. The van der Waals surface area contributed by atoms with Crippen LogP contribution in [0.2, 0.25) is 0 Å². The first kappa shape index (κ1) is 15.0. The third-order valence-corrected chi connectivity index (χ3v) is 3.34. The highest BCUT2D eigenvalue weighted by molar-refractivity contribution is 5.99. The van der Waals surface area contributed by atoms with Gasteiger partial charge >= 0.3 is 0 Å². The zero-order chi connectivity index (χ0) is 15.4. The molecule has 0 aliphatic heterocycles. The van der Waals surface area contributed by atoms with Crippen molar-refractivity contribution in [3.63, 3.8) is 0 Å². The predicted molar refractivity (Wildman–Crippen MR) is 78.7 cm³/mol. The van der Waals surface area contributed by atoms with Crippen LogP contribution >= 0.6 is 0 Å². The fourth-order valence-corrected chi connectivity index (χ4v) is 2.19. The molecule has 0 fully saturated rings. The van der Waals surface area contributed by atoms with Gasteiger partial charge in [-0.2, -0.15) is 0 Å². The van der Waals surface area contributed by atoms with Gasteiger partial charge in [-0.05, 0) is 36.2 Å². The highest BCUT2D eigenvalue weighted by atomic mass is 19.1. The van der Waals surface area contributed by atoms with E-state index in [0.29, 0.717) is 22.6 Å². The fraction of sp³-hybridized carbons (Fsp3) is 0.235. The van der Waals surface area contributed by atoms with E-state index in [9.17, 15) is 9.18 Å². The van der Waals surface area contributed by atoms with Gasteiger partial charge in [-0.1, -0.05) is 18.2 Å². The Balaban J connectivity index is 2.33. The zero-order valence-corrected chi connectivity index (χ0v) is 12.3. The maximum Gasteiger partial charge on any atom is 0.167 e. The van der Waals surface area contributed by atoms with Crippen molar-refractivity contribution in [2.75, 3.05) is 14.2 Å². The molecule has 2 aromatic carbocycles. The largest absolute Gasteiger partial charge is 0.493 e. The van der Waals surface area contributed by atoms with Crippen LogP contribution in [-0.4, -0.2) is 20.0 Å². The molecule has 0 bridgehead atoms. The normalized spacial score (nSPS) is 10.3. The maximum atomic E-state index is 13.6. The van der Waals surface area contributed by atoms with Crippen LogP contribution in [0, 0.1) is 12.7 Å². The molecule has 0 saturated carbocycles. The van der Waals surface area contributed by atoms with Crippen molar-refractivity contribution in [1.29, 1.82) is 0 Å². The topological polar surface area (TPSA) is 35.5 Å². The van der Waals surface area contributed by atoms with Crippen molar-refractivity contribution >= 4 is 5.78 Å². The minimum Gasteiger partial charge on any atom is -0.493 e. The number of halogens is 1. The molecule has 4 heteroatoms. The summed E-state index contributed by atoms with van der Waals surface area (Å²) in [5.41, 5.74) is 1.67. The van der Waals surface area contributed by atoms with E-state index >= 15 is 0 Å². The van der Waals surface area contributed by atoms with Gasteiger partial charge in [0.05, 0.1) is 14.2 Å². The van der Waals surface area contributed by atoms with E-state index in [1.165, 1.54) is 20.3 Å². The number of ether oxygens (including phenoxy) is 2. The van der Waals surface area contributed by atoms with Crippen LogP contribution in [-0.2, 0) is 6.42 Å². The number of methoxy groups -OCH3 is 2. The van der Waals surface area contributed by atoms with E-state index in [4.69, 9.17) is 9.47 Å². The Hall–Kier alpha value is -2.36. The molecule has 0 heterocycles. The van der Waals surface area contributed by atoms with Crippen LogP contribution in [0.3, 0.4) is 0 Å². The average molecular weight is 288 g/mol. The Morgan fingerprint density at radius 2 is 1.71 bits per heavy atom. The van der Waals surface area contributed by atoms with Gasteiger partial charge in [0, 0.05) is 12.0 Å². The molecule has 110 valence electrons. The number of ketones is 1.